The van der Waals surface area contributed by atoms with Crippen molar-refractivity contribution in [1.82, 2.24) is 0 Å². The van der Waals surface area contributed by atoms with Crippen LogP contribution in [0.4, 0.5) is 5.00 Å². The van der Waals surface area contributed by atoms with E-state index in [1.807, 2.05) is 18.2 Å². The molecule has 4 heteroatoms. The van der Waals surface area contributed by atoms with Crippen molar-refractivity contribution >= 4 is 22.2 Å². The first kappa shape index (κ1) is 16.7. The number of hydrogen-bond acceptors (Lipinski definition) is 3. The van der Waals surface area contributed by atoms with Crippen LogP contribution in [-0.2, 0) is 24.1 Å². The number of hydrogen-bond donors (Lipinski definition) is 1. The monoisotopic (exact) mass is 338 g/mol. The minimum Gasteiger partial charge on any atom is -0.317 e. The topological polar surface area (TPSA) is 52.9 Å². The number of aryl methyl sites for hydroxylation is 1. The number of nitriles is 1. The number of fused-ring (bicyclic) bond motifs is 1. The first-order valence-corrected chi connectivity index (χ1v) is 9.37. The third-order valence-electron chi connectivity index (χ3n) is 4.59. The Balaban J connectivity index is 1.59. The van der Waals surface area contributed by atoms with Gasteiger partial charge in [0.05, 0.1) is 5.56 Å². The minimum atomic E-state index is 0.00840. The lowest BCUT2D eigenvalue weighted by atomic mass is 9.88. The summed E-state index contributed by atoms with van der Waals surface area (Å²) in [6, 6.07) is 12.5. The molecule has 24 heavy (non-hydrogen) atoms. The molecule has 1 aliphatic carbocycles. The van der Waals surface area contributed by atoms with Crippen LogP contribution in [0.3, 0.4) is 0 Å². The Hall–Kier alpha value is -2.12. The molecule has 0 spiro atoms. The van der Waals surface area contributed by atoms with Crippen LogP contribution in [0.1, 0.15) is 47.8 Å². The van der Waals surface area contributed by atoms with Gasteiger partial charge in [0.1, 0.15) is 11.1 Å². The average Bonchev–Trinajstić information content (AvgIpc) is 2.91. The van der Waals surface area contributed by atoms with Gasteiger partial charge in [0.15, 0.2) is 0 Å². The zero-order valence-corrected chi connectivity index (χ0v) is 14.8. The van der Waals surface area contributed by atoms with Crippen molar-refractivity contribution in [3.63, 3.8) is 0 Å². The highest BCUT2D eigenvalue weighted by molar-refractivity contribution is 7.16. The van der Waals surface area contributed by atoms with Crippen molar-refractivity contribution in [2.75, 3.05) is 5.32 Å². The molecule has 1 aromatic carbocycles. The van der Waals surface area contributed by atoms with E-state index in [9.17, 15) is 10.1 Å². The number of thiophene rings is 1. The summed E-state index contributed by atoms with van der Waals surface area (Å²) in [4.78, 5) is 13.5. The number of nitrogens with zero attached hydrogens (tertiary/aromatic N) is 1. The Bertz CT molecular complexity index is 758. The van der Waals surface area contributed by atoms with Crippen molar-refractivity contribution < 1.29 is 4.79 Å². The molecule has 0 radical (unpaired) electrons. The van der Waals surface area contributed by atoms with E-state index in [2.05, 4.69) is 30.4 Å². The van der Waals surface area contributed by atoms with Gasteiger partial charge in [-0.25, -0.2) is 0 Å². The SMILES string of the molecule is CC1CCc2c(sc(NC(=O)CCCc3ccccc3)c2C#N)C1. The molecular weight excluding hydrogens is 316 g/mol. The quantitative estimate of drug-likeness (QED) is 0.858. The van der Waals surface area contributed by atoms with Crippen LogP contribution >= 0.6 is 11.3 Å². The molecule has 1 atom stereocenters. The molecule has 124 valence electrons. The summed E-state index contributed by atoms with van der Waals surface area (Å²) in [5, 5.41) is 13.2. The third-order valence-corrected chi connectivity index (χ3v) is 5.76. The van der Waals surface area contributed by atoms with Crippen molar-refractivity contribution in [2.24, 2.45) is 5.92 Å². The van der Waals surface area contributed by atoms with Crippen LogP contribution in [0.15, 0.2) is 30.3 Å². The van der Waals surface area contributed by atoms with Gasteiger partial charge in [-0.3, -0.25) is 4.79 Å². The van der Waals surface area contributed by atoms with Crippen LogP contribution in [0.25, 0.3) is 0 Å². The number of nitrogens with one attached hydrogen (secondary N) is 1. The molecule has 3 nitrogen and oxygen atoms in total. The van der Waals surface area contributed by atoms with Gasteiger partial charge in [0.2, 0.25) is 5.91 Å². The molecule has 0 aliphatic heterocycles. The maximum atomic E-state index is 12.2. The highest BCUT2D eigenvalue weighted by Gasteiger charge is 2.24. The molecule has 1 N–H and O–H groups in total. The Kier molecular flexibility index (Phi) is 5.32. The van der Waals surface area contributed by atoms with Crippen LogP contribution < -0.4 is 5.32 Å². The normalized spacial score (nSPS) is 16.2. The zero-order chi connectivity index (χ0) is 16.9. The van der Waals surface area contributed by atoms with Gasteiger partial charge >= 0.3 is 0 Å². The maximum absolute atomic E-state index is 12.2. The second-order valence-corrected chi connectivity index (χ2v) is 7.66. The number of amides is 1. The summed E-state index contributed by atoms with van der Waals surface area (Å²) in [5.74, 6) is 0.672. The summed E-state index contributed by atoms with van der Waals surface area (Å²) in [5.41, 5.74) is 3.11. The lowest BCUT2D eigenvalue weighted by molar-refractivity contribution is -0.116. The standard InChI is InChI=1S/C20H22N2OS/c1-14-10-11-16-17(13-21)20(24-18(16)12-14)22-19(23)9-5-8-15-6-3-2-4-7-15/h2-4,6-7,14H,5,8-12H2,1H3,(H,22,23). The number of rotatable bonds is 5. The van der Waals surface area contributed by atoms with E-state index in [1.54, 1.807) is 11.3 Å². The fourth-order valence-electron chi connectivity index (χ4n) is 3.24. The van der Waals surface area contributed by atoms with E-state index in [0.29, 0.717) is 17.9 Å². The number of carbonyl (C=O) groups excluding carboxylic acids is 1. The summed E-state index contributed by atoms with van der Waals surface area (Å²) in [6.45, 7) is 2.25. The highest BCUT2D eigenvalue weighted by Crippen LogP contribution is 2.39. The summed E-state index contributed by atoms with van der Waals surface area (Å²) in [6.07, 6.45) is 5.32. The van der Waals surface area contributed by atoms with Crippen molar-refractivity contribution in [1.29, 1.82) is 5.26 Å². The van der Waals surface area contributed by atoms with Crippen molar-refractivity contribution in [3.05, 3.63) is 51.9 Å². The zero-order valence-electron chi connectivity index (χ0n) is 14.0. The van der Waals surface area contributed by atoms with E-state index in [4.69, 9.17) is 0 Å². The van der Waals surface area contributed by atoms with Gasteiger partial charge in [-0.2, -0.15) is 5.26 Å². The first-order chi connectivity index (χ1) is 11.7. The largest absolute Gasteiger partial charge is 0.317 e. The lowest BCUT2D eigenvalue weighted by Crippen LogP contribution is -2.12. The van der Waals surface area contributed by atoms with E-state index >= 15 is 0 Å². The molecule has 0 saturated heterocycles. The molecular formula is C20H22N2OS. The molecule has 0 saturated carbocycles. The predicted molar refractivity (Wildman–Crippen MR) is 98.2 cm³/mol. The second-order valence-electron chi connectivity index (χ2n) is 6.56. The van der Waals surface area contributed by atoms with Crippen LogP contribution in [0.2, 0.25) is 0 Å². The van der Waals surface area contributed by atoms with Gasteiger partial charge in [0.25, 0.3) is 0 Å². The first-order valence-electron chi connectivity index (χ1n) is 8.55. The number of anilines is 1. The Morgan fingerprint density at radius 3 is 2.92 bits per heavy atom. The fourth-order valence-corrected chi connectivity index (χ4v) is 4.62. The molecule has 1 aliphatic rings. The average molecular weight is 338 g/mol. The van der Waals surface area contributed by atoms with Gasteiger partial charge in [-0.05, 0) is 49.1 Å². The van der Waals surface area contributed by atoms with Crippen molar-refractivity contribution in [3.8, 4) is 6.07 Å². The number of benzene rings is 1. The van der Waals surface area contributed by atoms with Crippen LogP contribution in [0.5, 0.6) is 0 Å². The third kappa shape index (κ3) is 3.85. The Labute approximate surface area is 147 Å². The van der Waals surface area contributed by atoms with Gasteiger partial charge in [-0.15, -0.1) is 11.3 Å². The Morgan fingerprint density at radius 1 is 1.38 bits per heavy atom. The molecule has 1 aromatic heterocycles. The molecule has 0 fully saturated rings. The summed E-state index contributed by atoms with van der Waals surface area (Å²) < 4.78 is 0. The van der Waals surface area contributed by atoms with Crippen molar-refractivity contribution in [2.45, 2.75) is 45.4 Å². The number of carbonyl (C=O) groups is 1. The second kappa shape index (κ2) is 7.63. The molecule has 1 amide bonds. The summed E-state index contributed by atoms with van der Waals surface area (Å²) >= 11 is 1.59. The minimum absolute atomic E-state index is 0.00840. The molecule has 2 aromatic rings. The maximum Gasteiger partial charge on any atom is 0.225 e. The van der Waals surface area contributed by atoms with E-state index in [-0.39, 0.29) is 5.91 Å². The lowest BCUT2D eigenvalue weighted by Gasteiger charge is -2.17. The molecule has 1 heterocycles. The van der Waals surface area contributed by atoms with Crippen LogP contribution in [-0.4, -0.2) is 5.91 Å². The predicted octanol–water partition coefficient (Wildman–Crippen LogP) is 4.71. The highest BCUT2D eigenvalue weighted by atomic mass is 32.1. The Morgan fingerprint density at radius 2 is 2.17 bits per heavy atom. The molecule has 0 bridgehead atoms. The van der Waals surface area contributed by atoms with E-state index in [1.165, 1.54) is 16.0 Å². The smallest absolute Gasteiger partial charge is 0.225 e. The van der Waals surface area contributed by atoms with Gasteiger partial charge in [0, 0.05) is 11.3 Å². The summed E-state index contributed by atoms with van der Waals surface area (Å²) in [7, 11) is 0. The van der Waals surface area contributed by atoms with Gasteiger partial charge in [-0.1, -0.05) is 37.3 Å². The van der Waals surface area contributed by atoms with Gasteiger partial charge < -0.3 is 5.32 Å². The molecule has 1 unspecified atom stereocenters. The van der Waals surface area contributed by atoms with E-state index < -0.39 is 0 Å². The fraction of sp³-hybridized carbons (Fsp3) is 0.400. The van der Waals surface area contributed by atoms with E-state index in [0.717, 1.165) is 37.1 Å². The molecule has 3 rings (SSSR count). The van der Waals surface area contributed by atoms with Crippen LogP contribution in [0, 0.1) is 17.2 Å².